The van der Waals surface area contributed by atoms with Crippen LogP contribution < -0.4 is 0 Å². The van der Waals surface area contributed by atoms with Crippen molar-refractivity contribution in [2.24, 2.45) is 5.92 Å². The summed E-state index contributed by atoms with van der Waals surface area (Å²) in [7, 11) is 0. The zero-order valence-electron chi connectivity index (χ0n) is 13.1. The van der Waals surface area contributed by atoms with Crippen molar-refractivity contribution in [3.8, 4) is 12.3 Å². The second kappa shape index (κ2) is 9.52. The van der Waals surface area contributed by atoms with Gasteiger partial charge in [0, 0.05) is 31.3 Å². The maximum absolute atomic E-state index is 13.8. The van der Waals surface area contributed by atoms with Crippen molar-refractivity contribution in [3.63, 3.8) is 0 Å². The molecule has 0 unspecified atom stereocenters. The molecule has 122 valence electrons. The van der Waals surface area contributed by atoms with Gasteiger partial charge in [-0.05, 0) is 12.0 Å². The Hall–Kier alpha value is -1.48. The highest BCUT2D eigenvalue weighted by atomic mass is 19.1. The van der Waals surface area contributed by atoms with Gasteiger partial charge in [-0.25, -0.2) is 8.78 Å². The molecule has 0 aromatic heterocycles. The minimum Gasteiger partial charge on any atom is -0.389 e. The molecule has 0 amide bonds. The Bertz CT molecular complexity index is 500. The highest BCUT2D eigenvalue weighted by Gasteiger charge is 2.16. The largest absolute Gasteiger partial charge is 0.389 e. The van der Waals surface area contributed by atoms with E-state index in [-0.39, 0.29) is 13.2 Å². The molecule has 0 saturated heterocycles. The summed E-state index contributed by atoms with van der Waals surface area (Å²) in [6.07, 6.45) is 4.36. The fourth-order valence-electron chi connectivity index (χ4n) is 2.22. The maximum Gasteiger partial charge on any atom is 0.130 e. The number of ether oxygens (including phenoxy) is 1. The second-order valence-electron chi connectivity index (χ2n) is 5.70. The molecule has 0 heterocycles. The van der Waals surface area contributed by atoms with Crippen molar-refractivity contribution < 1.29 is 18.6 Å². The van der Waals surface area contributed by atoms with Crippen molar-refractivity contribution in [1.29, 1.82) is 0 Å². The van der Waals surface area contributed by atoms with Crippen LogP contribution in [0.4, 0.5) is 8.78 Å². The molecule has 22 heavy (non-hydrogen) atoms. The summed E-state index contributed by atoms with van der Waals surface area (Å²) in [6, 6.07) is 3.53. The highest BCUT2D eigenvalue weighted by Crippen LogP contribution is 2.14. The van der Waals surface area contributed by atoms with Crippen molar-refractivity contribution in [3.05, 3.63) is 35.4 Å². The van der Waals surface area contributed by atoms with Gasteiger partial charge in [0.25, 0.3) is 0 Å². The second-order valence-corrected chi connectivity index (χ2v) is 5.70. The summed E-state index contributed by atoms with van der Waals surface area (Å²) >= 11 is 0. The molecule has 1 atom stereocenters. The summed E-state index contributed by atoms with van der Waals surface area (Å²) in [5.41, 5.74) is 0.402. The van der Waals surface area contributed by atoms with Gasteiger partial charge in [-0.1, -0.05) is 25.8 Å². The number of benzene rings is 1. The summed E-state index contributed by atoms with van der Waals surface area (Å²) < 4.78 is 31.8. The monoisotopic (exact) mass is 311 g/mol. The fraction of sp³-hybridized carbons (Fsp3) is 0.529. The minimum atomic E-state index is -0.712. The van der Waals surface area contributed by atoms with Crippen molar-refractivity contribution in [2.45, 2.75) is 26.5 Å². The Kier molecular flexibility index (Phi) is 8.03. The molecule has 0 aliphatic rings. The summed E-state index contributed by atoms with van der Waals surface area (Å²) in [4.78, 5) is 1.92. The van der Waals surface area contributed by atoms with E-state index in [9.17, 15) is 13.9 Å². The topological polar surface area (TPSA) is 32.7 Å². The van der Waals surface area contributed by atoms with E-state index in [2.05, 4.69) is 5.92 Å². The van der Waals surface area contributed by atoms with Crippen molar-refractivity contribution in [2.75, 3.05) is 26.3 Å². The van der Waals surface area contributed by atoms with E-state index >= 15 is 0 Å². The normalized spacial score (nSPS) is 12.6. The smallest absolute Gasteiger partial charge is 0.130 e. The van der Waals surface area contributed by atoms with Crippen molar-refractivity contribution in [1.82, 2.24) is 4.90 Å². The van der Waals surface area contributed by atoms with Gasteiger partial charge in [0.05, 0.1) is 12.7 Å². The van der Waals surface area contributed by atoms with E-state index in [1.165, 1.54) is 12.1 Å². The number of aliphatic hydroxyl groups is 1. The Balaban J connectivity index is 2.65. The molecule has 1 rings (SSSR count). The van der Waals surface area contributed by atoms with Gasteiger partial charge >= 0.3 is 0 Å². The Morgan fingerprint density at radius 3 is 2.64 bits per heavy atom. The molecular weight excluding hydrogens is 288 g/mol. The molecular formula is C17H23F2NO2. The van der Waals surface area contributed by atoms with Crippen LogP contribution in [0.3, 0.4) is 0 Å². The predicted molar refractivity (Wildman–Crippen MR) is 82.1 cm³/mol. The molecule has 1 aromatic carbocycles. The molecule has 0 fully saturated rings. The molecule has 5 heteroatoms. The number of halogens is 2. The predicted octanol–water partition coefficient (Wildman–Crippen LogP) is 2.43. The van der Waals surface area contributed by atoms with Gasteiger partial charge in [-0.3, -0.25) is 4.90 Å². The van der Waals surface area contributed by atoms with E-state index in [0.29, 0.717) is 31.1 Å². The summed E-state index contributed by atoms with van der Waals surface area (Å²) in [6.45, 7) is 5.67. The van der Waals surface area contributed by atoms with E-state index in [1.807, 2.05) is 18.7 Å². The molecule has 0 aliphatic carbocycles. The Morgan fingerprint density at radius 1 is 1.32 bits per heavy atom. The third-order valence-electron chi connectivity index (χ3n) is 3.00. The van der Waals surface area contributed by atoms with Crippen LogP contribution in [0.2, 0.25) is 0 Å². The number of hydrogen-bond acceptors (Lipinski definition) is 3. The van der Waals surface area contributed by atoms with Crippen LogP contribution >= 0.6 is 0 Å². The fourth-order valence-corrected chi connectivity index (χ4v) is 2.22. The first-order valence-electron chi connectivity index (χ1n) is 7.28. The van der Waals surface area contributed by atoms with E-state index in [1.54, 1.807) is 0 Å². The van der Waals surface area contributed by atoms with E-state index in [4.69, 9.17) is 11.2 Å². The number of aliphatic hydroxyl groups excluding tert-OH is 1. The van der Waals surface area contributed by atoms with Gasteiger partial charge in [-0.15, -0.1) is 6.42 Å². The Morgan fingerprint density at radius 2 is 2.05 bits per heavy atom. The number of rotatable bonds is 9. The molecule has 0 aliphatic heterocycles. The summed E-state index contributed by atoms with van der Waals surface area (Å²) in [5, 5.41) is 9.96. The van der Waals surface area contributed by atoms with E-state index < -0.39 is 17.7 Å². The summed E-state index contributed by atoms with van der Waals surface area (Å²) in [5.74, 6) is 1.50. The molecule has 0 radical (unpaired) electrons. The first kappa shape index (κ1) is 18.6. The van der Waals surface area contributed by atoms with Crippen LogP contribution in [0.1, 0.15) is 19.4 Å². The molecule has 3 nitrogen and oxygen atoms in total. The lowest BCUT2D eigenvalue weighted by Crippen LogP contribution is -2.37. The minimum absolute atomic E-state index is 0.130. The number of hydrogen-bond donors (Lipinski definition) is 1. The van der Waals surface area contributed by atoms with Crippen LogP contribution in [-0.4, -0.2) is 42.4 Å². The molecule has 0 bridgehead atoms. The SMILES string of the molecule is C#CCOC[C@H](O)CN(Cc1ccc(F)cc1F)CC(C)C. The Labute approximate surface area is 130 Å². The molecule has 0 saturated carbocycles. The zero-order valence-corrected chi connectivity index (χ0v) is 13.1. The quantitative estimate of drug-likeness (QED) is 0.562. The van der Waals surface area contributed by atoms with Crippen molar-refractivity contribution >= 4 is 0 Å². The van der Waals surface area contributed by atoms with Crippen LogP contribution in [0.15, 0.2) is 18.2 Å². The van der Waals surface area contributed by atoms with Crippen LogP contribution in [0.25, 0.3) is 0 Å². The van der Waals surface area contributed by atoms with Gasteiger partial charge < -0.3 is 9.84 Å². The molecule has 1 aromatic rings. The lowest BCUT2D eigenvalue weighted by molar-refractivity contribution is 0.0235. The lowest BCUT2D eigenvalue weighted by atomic mass is 10.1. The first-order chi connectivity index (χ1) is 10.4. The number of terminal acetylenes is 1. The third kappa shape index (κ3) is 6.99. The van der Waals surface area contributed by atoms with Crippen LogP contribution in [-0.2, 0) is 11.3 Å². The zero-order chi connectivity index (χ0) is 16.5. The van der Waals surface area contributed by atoms with Crippen LogP contribution in [0.5, 0.6) is 0 Å². The first-order valence-corrected chi connectivity index (χ1v) is 7.28. The van der Waals surface area contributed by atoms with Gasteiger partial charge in [-0.2, -0.15) is 0 Å². The highest BCUT2D eigenvalue weighted by molar-refractivity contribution is 5.18. The van der Waals surface area contributed by atoms with Gasteiger partial charge in [0.2, 0.25) is 0 Å². The van der Waals surface area contributed by atoms with Gasteiger partial charge in [0.1, 0.15) is 18.2 Å². The average Bonchev–Trinajstić information content (AvgIpc) is 2.41. The number of nitrogens with zero attached hydrogens (tertiary/aromatic N) is 1. The molecule has 1 N–H and O–H groups in total. The third-order valence-corrected chi connectivity index (χ3v) is 3.00. The maximum atomic E-state index is 13.8. The van der Waals surface area contributed by atoms with Gasteiger partial charge in [0.15, 0.2) is 0 Å². The molecule has 0 spiro atoms. The van der Waals surface area contributed by atoms with E-state index in [0.717, 1.165) is 6.07 Å². The average molecular weight is 311 g/mol. The standard InChI is InChI=1S/C17H23F2NO2/c1-4-7-22-12-16(21)11-20(9-13(2)3)10-14-5-6-15(18)8-17(14)19/h1,5-6,8,13,16,21H,7,9-12H2,2-3H3/t16-/m1/s1. The lowest BCUT2D eigenvalue weighted by Gasteiger charge is -2.26. The van der Waals surface area contributed by atoms with Crippen LogP contribution in [0, 0.1) is 29.9 Å².